The molecule has 3 heteroatoms. The van der Waals surface area contributed by atoms with Crippen LogP contribution >= 0.6 is 0 Å². The highest BCUT2D eigenvalue weighted by atomic mass is 15.4. The fourth-order valence-corrected chi connectivity index (χ4v) is 1.06. The molecule has 0 atom stereocenters. The maximum Gasteiger partial charge on any atom is 0.105 e. The van der Waals surface area contributed by atoms with Gasteiger partial charge < -0.3 is 0 Å². The van der Waals surface area contributed by atoms with E-state index in [0.717, 1.165) is 18.2 Å². The van der Waals surface area contributed by atoms with E-state index in [-0.39, 0.29) is 0 Å². The van der Waals surface area contributed by atoms with Crippen LogP contribution < -0.4 is 0 Å². The number of hydrogen-bond donors (Lipinski definition) is 0. The lowest BCUT2D eigenvalue weighted by Gasteiger charge is -1.93. The molecule has 0 spiro atoms. The molecule has 1 saturated carbocycles. The molecule has 1 aliphatic carbocycles. The van der Waals surface area contributed by atoms with Gasteiger partial charge in [-0.3, -0.25) is 4.68 Å². The molecule has 58 valence electrons. The molecule has 0 saturated heterocycles. The molecule has 0 radical (unpaired) electrons. The van der Waals surface area contributed by atoms with Crippen molar-refractivity contribution < 1.29 is 0 Å². The van der Waals surface area contributed by atoms with Gasteiger partial charge in [-0.05, 0) is 24.8 Å². The molecule has 0 bridgehead atoms. The fraction of sp³-hybridized carbons (Fsp3) is 0.500. The third-order valence-corrected chi connectivity index (χ3v) is 1.91. The van der Waals surface area contributed by atoms with Gasteiger partial charge in [0.1, 0.15) is 5.69 Å². The summed E-state index contributed by atoms with van der Waals surface area (Å²) in [7, 11) is 0. The van der Waals surface area contributed by atoms with Gasteiger partial charge in [-0.25, -0.2) is 0 Å². The van der Waals surface area contributed by atoms with Crippen LogP contribution in [0.2, 0.25) is 0 Å². The second kappa shape index (κ2) is 2.49. The molecule has 1 aromatic heterocycles. The van der Waals surface area contributed by atoms with Crippen LogP contribution in [0.25, 0.3) is 6.08 Å². The van der Waals surface area contributed by atoms with Crippen molar-refractivity contribution >= 4 is 6.08 Å². The van der Waals surface area contributed by atoms with E-state index < -0.39 is 0 Å². The normalized spacial score (nSPS) is 16.7. The molecule has 0 N–H and O–H groups in total. The van der Waals surface area contributed by atoms with Crippen molar-refractivity contribution in [1.29, 1.82) is 0 Å². The Morgan fingerprint density at radius 2 is 2.55 bits per heavy atom. The predicted molar refractivity (Wildman–Crippen MR) is 42.8 cm³/mol. The number of rotatable bonds is 3. The summed E-state index contributed by atoms with van der Waals surface area (Å²) in [5.74, 6) is 0.856. The zero-order valence-electron chi connectivity index (χ0n) is 6.40. The molecule has 1 aromatic rings. The SMILES string of the molecule is C=Cc1cn(CC2CC2)nn1. The van der Waals surface area contributed by atoms with Gasteiger partial charge in [0.25, 0.3) is 0 Å². The maximum atomic E-state index is 3.96. The standard InChI is InChI=1S/C8H11N3/c1-2-8-6-11(10-9-8)5-7-3-4-7/h2,6-7H,1,3-5H2. The Balaban J connectivity index is 2.05. The molecule has 1 heterocycles. The smallest absolute Gasteiger partial charge is 0.105 e. The van der Waals surface area contributed by atoms with Gasteiger partial charge in [0, 0.05) is 6.54 Å². The molecule has 1 aliphatic rings. The topological polar surface area (TPSA) is 30.7 Å². The zero-order chi connectivity index (χ0) is 7.68. The Kier molecular flexibility index (Phi) is 1.49. The van der Waals surface area contributed by atoms with Crippen LogP contribution in [0, 0.1) is 5.92 Å². The molecule has 0 unspecified atom stereocenters. The van der Waals surface area contributed by atoms with Crippen molar-refractivity contribution in [2.24, 2.45) is 5.92 Å². The first-order chi connectivity index (χ1) is 5.38. The molecule has 1 fully saturated rings. The minimum absolute atomic E-state index is 0.856. The van der Waals surface area contributed by atoms with Crippen LogP contribution in [0.15, 0.2) is 12.8 Å². The van der Waals surface area contributed by atoms with Crippen molar-refractivity contribution in [3.05, 3.63) is 18.5 Å². The van der Waals surface area contributed by atoms with E-state index in [2.05, 4.69) is 16.9 Å². The molecule has 0 aliphatic heterocycles. The zero-order valence-corrected chi connectivity index (χ0v) is 6.40. The Bertz CT molecular complexity index is 260. The van der Waals surface area contributed by atoms with Crippen molar-refractivity contribution in [2.75, 3.05) is 0 Å². The monoisotopic (exact) mass is 149 g/mol. The minimum atomic E-state index is 0.856. The number of aromatic nitrogens is 3. The highest BCUT2D eigenvalue weighted by Crippen LogP contribution is 2.30. The quantitative estimate of drug-likeness (QED) is 0.649. The van der Waals surface area contributed by atoms with Gasteiger partial charge in [0.2, 0.25) is 0 Å². The molecule has 0 aromatic carbocycles. The average Bonchev–Trinajstić information content (AvgIpc) is 2.68. The first-order valence-corrected chi connectivity index (χ1v) is 3.91. The van der Waals surface area contributed by atoms with Gasteiger partial charge in [-0.2, -0.15) is 0 Å². The van der Waals surface area contributed by atoms with Gasteiger partial charge in [-0.15, -0.1) is 5.10 Å². The maximum absolute atomic E-state index is 3.96. The Hall–Kier alpha value is -1.12. The summed E-state index contributed by atoms with van der Waals surface area (Å²) >= 11 is 0. The first-order valence-electron chi connectivity index (χ1n) is 3.91. The van der Waals surface area contributed by atoms with Crippen LogP contribution in [0.1, 0.15) is 18.5 Å². The molecule has 2 rings (SSSR count). The second-order valence-electron chi connectivity index (χ2n) is 3.01. The van der Waals surface area contributed by atoms with Gasteiger partial charge in [-0.1, -0.05) is 11.8 Å². The van der Waals surface area contributed by atoms with E-state index in [9.17, 15) is 0 Å². The van der Waals surface area contributed by atoms with Crippen LogP contribution in [0.5, 0.6) is 0 Å². The second-order valence-corrected chi connectivity index (χ2v) is 3.01. The molecule has 11 heavy (non-hydrogen) atoms. The van der Waals surface area contributed by atoms with E-state index in [1.54, 1.807) is 6.08 Å². The summed E-state index contributed by atoms with van der Waals surface area (Å²) in [6, 6.07) is 0. The van der Waals surface area contributed by atoms with Crippen LogP contribution in [-0.4, -0.2) is 15.0 Å². The molecular formula is C8H11N3. The predicted octanol–water partition coefficient (Wildman–Crippen LogP) is 1.33. The summed E-state index contributed by atoms with van der Waals surface area (Å²) in [6.45, 7) is 4.65. The van der Waals surface area contributed by atoms with Crippen molar-refractivity contribution in [1.82, 2.24) is 15.0 Å². The summed E-state index contributed by atoms with van der Waals surface area (Å²) in [6.07, 6.45) is 6.36. The van der Waals surface area contributed by atoms with Crippen molar-refractivity contribution in [3.8, 4) is 0 Å². The van der Waals surface area contributed by atoms with E-state index in [4.69, 9.17) is 0 Å². The van der Waals surface area contributed by atoms with Gasteiger partial charge >= 0.3 is 0 Å². The van der Waals surface area contributed by atoms with E-state index in [1.165, 1.54) is 12.8 Å². The number of nitrogens with zero attached hydrogens (tertiary/aromatic N) is 3. The largest absolute Gasteiger partial charge is 0.252 e. The van der Waals surface area contributed by atoms with Gasteiger partial charge in [0.05, 0.1) is 6.20 Å². The van der Waals surface area contributed by atoms with Crippen molar-refractivity contribution in [3.63, 3.8) is 0 Å². The van der Waals surface area contributed by atoms with Crippen LogP contribution in [0.3, 0.4) is 0 Å². The fourth-order valence-electron chi connectivity index (χ4n) is 1.06. The highest BCUT2D eigenvalue weighted by molar-refractivity contribution is 5.38. The molecule has 0 amide bonds. The minimum Gasteiger partial charge on any atom is -0.252 e. The lowest BCUT2D eigenvalue weighted by Crippen LogP contribution is -1.99. The van der Waals surface area contributed by atoms with E-state index >= 15 is 0 Å². The van der Waals surface area contributed by atoms with Crippen molar-refractivity contribution in [2.45, 2.75) is 19.4 Å². The molecular weight excluding hydrogens is 138 g/mol. The first kappa shape index (κ1) is 6.58. The average molecular weight is 149 g/mol. The summed E-state index contributed by atoms with van der Waals surface area (Å²) < 4.78 is 1.90. The lowest BCUT2D eigenvalue weighted by molar-refractivity contribution is 0.544. The summed E-state index contributed by atoms with van der Waals surface area (Å²) in [5, 5.41) is 7.87. The Morgan fingerprint density at radius 1 is 1.73 bits per heavy atom. The van der Waals surface area contributed by atoms with Crippen LogP contribution in [0.4, 0.5) is 0 Å². The van der Waals surface area contributed by atoms with Crippen LogP contribution in [-0.2, 0) is 6.54 Å². The lowest BCUT2D eigenvalue weighted by atomic mass is 10.4. The third kappa shape index (κ3) is 1.48. The highest BCUT2D eigenvalue weighted by Gasteiger charge is 2.21. The van der Waals surface area contributed by atoms with Gasteiger partial charge in [0.15, 0.2) is 0 Å². The summed E-state index contributed by atoms with van der Waals surface area (Å²) in [4.78, 5) is 0. The number of hydrogen-bond acceptors (Lipinski definition) is 2. The van der Waals surface area contributed by atoms with E-state index in [0.29, 0.717) is 0 Å². The molecule has 3 nitrogen and oxygen atoms in total. The Labute approximate surface area is 65.7 Å². The third-order valence-electron chi connectivity index (χ3n) is 1.91. The van der Waals surface area contributed by atoms with E-state index in [1.807, 2.05) is 10.9 Å². The Morgan fingerprint density at radius 3 is 3.09 bits per heavy atom. The summed E-state index contributed by atoms with van der Waals surface area (Å²) in [5.41, 5.74) is 0.866.